The van der Waals surface area contributed by atoms with Crippen molar-refractivity contribution in [3.8, 4) is 89.1 Å². The maximum Gasteiger partial charge on any atom is 0.288 e. The van der Waals surface area contributed by atoms with Crippen molar-refractivity contribution in [3.05, 3.63) is 87.0 Å². The number of carbonyl (C=O) groups excluding carboxylic acids is 4. The molecule has 4 aromatic rings. The van der Waals surface area contributed by atoms with Gasteiger partial charge < -0.3 is 69.8 Å². The van der Waals surface area contributed by atoms with Crippen molar-refractivity contribution >= 4 is 47.0 Å². The normalized spacial score (nSPS) is 15.5. The molecule has 4 saturated heterocycles. The van der Waals surface area contributed by atoms with Crippen LogP contribution in [0.3, 0.4) is 0 Å². The van der Waals surface area contributed by atoms with Crippen LogP contribution in [-0.4, -0.2) is 233 Å². The number of benzene rings is 4. The first-order chi connectivity index (χ1) is 46.7. The van der Waals surface area contributed by atoms with Gasteiger partial charge in [0.2, 0.25) is 23.6 Å². The number of carbonyl (C=O) groups is 4. The van der Waals surface area contributed by atoms with Crippen LogP contribution in [-0.2, 0) is 19.2 Å². The second kappa shape index (κ2) is 40.3. The standard InChI is InChI=1S/C19H27N5O3.C17H21N3O5.C17H23N3O3.C17H22N2O3/c1-21-19(25)12-24-7-5-15(6-8-24)27-18-9-14(11-20)16(10-17(18)26-4)22-13-23(2)3;1-4-12-9-16(15(24-3)10-14(12)20(22)23)25-13-5-7-19(8-6-13)11-17(21)18-2;1-4-12-9-16(15(22-3)10-14(12)18)23-13-5-7-20(8-6-13)11-17(21)19-2;1-4-13-5-6-15(21-3)16(11-13)22-14-7-9-19(10-8-14)12-17(20)18-2/h9-10,13,15H,5-8,12H2,1-4H3,(H,21,25);1,9-10,13H,5-8,11H2,2-3H3,(H,18,21);1,9-10,13H,5-8,11,18H2,2-3H3,(H,19,21);1,5-6,11,14H,7-10,12H2,2-3H3,(H,18,20). The molecule has 0 saturated carbocycles. The fourth-order valence-corrected chi connectivity index (χ4v) is 10.6. The lowest BCUT2D eigenvalue weighted by Crippen LogP contribution is -2.43. The van der Waals surface area contributed by atoms with Gasteiger partial charge in [-0.25, -0.2) is 4.99 Å². The summed E-state index contributed by atoms with van der Waals surface area (Å²) >= 11 is 0. The third-order valence-corrected chi connectivity index (χ3v) is 16.2. The minimum absolute atomic E-state index is 0.0162. The number of piperidine rings is 4. The Bertz CT molecular complexity index is 3470. The number of likely N-dealkylation sites (N-methyl/N-ethyl adjacent to an activating group) is 4. The molecule has 27 nitrogen and oxygen atoms in total. The van der Waals surface area contributed by atoms with Gasteiger partial charge in [0.25, 0.3) is 5.69 Å². The monoisotopic (exact) mass is 1340 g/mol. The van der Waals surface area contributed by atoms with E-state index in [1.807, 2.05) is 32.3 Å². The van der Waals surface area contributed by atoms with E-state index in [9.17, 15) is 34.6 Å². The maximum absolute atomic E-state index is 11.5. The van der Waals surface area contributed by atoms with Gasteiger partial charge >= 0.3 is 0 Å². The number of terminal acetylenes is 3. The van der Waals surface area contributed by atoms with E-state index < -0.39 is 4.92 Å². The van der Waals surface area contributed by atoms with Gasteiger partial charge in [0.05, 0.1) is 94.4 Å². The van der Waals surface area contributed by atoms with Crippen LogP contribution in [0.4, 0.5) is 17.1 Å². The fourth-order valence-electron chi connectivity index (χ4n) is 10.6. The smallest absolute Gasteiger partial charge is 0.288 e. The van der Waals surface area contributed by atoms with E-state index in [0.717, 1.165) is 109 Å². The van der Waals surface area contributed by atoms with E-state index >= 15 is 0 Å². The number of ether oxygens (including phenoxy) is 8. The molecule has 4 aliphatic heterocycles. The molecule has 97 heavy (non-hydrogen) atoms. The summed E-state index contributed by atoms with van der Waals surface area (Å²) in [6, 6.07) is 17.2. The number of nitro groups is 1. The van der Waals surface area contributed by atoms with Gasteiger partial charge in [-0.1, -0.05) is 17.8 Å². The molecule has 0 unspecified atom stereocenters. The van der Waals surface area contributed by atoms with Crippen LogP contribution in [0, 0.1) is 58.5 Å². The van der Waals surface area contributed by atoms with E-state index in [1.54, 1.807) is 85.0 Å². The average molecular weight is 1340 g/mol. The number of hydrogen-bond donors (Lipinski definition) is 5. The molecule has 27 heteroatoms. The predicted octanol–water partition coefficient (Wildman–Crippen LogP) is 4.66. The minimum Gasteiger partial charge on any atom is -0.493 e. The van der Waals surface area contributed by atoms with Crippen molar-refractivity contribution in [1.29, 1.82) is 5.26 Å². The van der Waals surface area contributed by atoms with E-state index in [2.05, 4.69) is 69.7 Å². The number of aliphatic imine (C=N–C) groups is 1. The SMILES string of the molecule is C#Cc1cc(OC2CCN(CC(=O)NC)CC2)c(OC)cc1N.C#Cc1cc(OC2CCN(CC(=O)NC)CC2)c(OC)cc1[N+](=O)[O-].C#Cc1ccc(OC)c(OC2CCN(CC(=O)NC)CC2)c1.CNC(=O)CN1CCC(Oc2cc(C#N)c(N=CN(C)C)cc2OC)CC1. The summed E-state index contributed by atoms with van der Waals surface area (Å²) in [7, 11) is 16.5. The first kappa shape index (κ1) is 77.5. The number of amides is 4. The van der Waals surface area contributed by atoms with Crippen LogP contribution >= 0.6 is 0 Å². The Morgan fingerprint density at radius 3 is 1.20 bits per heavy atom. The topological polar surface area (TPSA) is 312 Å². The van der Waals surface area contributed by atoms with Gasteiger partial charge in [-0.05, 0) is 69.6 Å². The molecular formula is C70H93N13O14. The first-order valence-corrected chi connectivity index (χ1v) is 31.8. The lowest BCUT2D eigenvalue weighted by Gasteiger charge is -2.31. The van der Waals surface area contributed by atoms with Crippen molar-refractivity contribution < 1.29 is 62.0 Å². The van der Waals surface area contributed by atoms with Crippen LogP contribution < -0.4 is 64.9 Å². The predicted molar refractivity (Wildman–Crippen MR) is 370 cm³/mol. The Kier molecular flexibility index (Phi) is 32.2. The van der Waals surface area contributed by atoms with Gasteiger partial charge in [-0.15, -0.1) is 19.3 Å². The van der Waals surface area contributed by atoms with Crippen molar-refractivity contribution in [2.75, 3.05) is 155 Å². The number of nitrogen functional groups attached to an aromatic ring is 1. The van der Waals surface area contributed by atoms with E-state index in [-0.39, 0.29) is 65.0 Å². The lowest BCUT2D eigenvalue weighted by atomic mass is 10.1. The Labute approximate surface area is 569 Å². The number of hydrogen-bond acceptors (Lipinski definition) is 21. The molecule has 522 valence electrons. The Balaban J connectivity index is 0.000000234. The summed E-state index contributed by atoms with van der Waals surface area (Å²) in [4.78, 5) is 70.8. The van der Waals surface area contributed by atoms with Crippen LogP contribution in [0.15, 0.2) is 59.6 Å². The number of rotatable bonds is 23. The van der Waals surface area contributed by atoms with E-state index in [0.29, 0.717) is 88.9 Å². The van der Waals surface area contributed by atoms with E-state index in [1.165, 1.54) is 19.2 Å². The molecule has 0 atom stereocenters. The average Bonchev–Trinajstić information content (AvgIpc) is 0.882. The van der Waals surface area contributed by atoms with Crippen molar-refractivity contribution in [2.45, 2.75) is 75.8 Å². The second-order valence-electron chi connectivity index (χ2n) is 23.1. The van der Waals surface area contributed by atoms with Crippen LogP contribution in [0.5, 0.6) is 46.0 Å². The number of likely N-dealkylation sites (tertiary alicyclic amines) is 4. The zero-order valence-corrected chi connectivity index (χ0v) is 57.3. The third kappa shape index (κ3) is 24.8. The molecule has 4 heterocycles. The molecular weight excluding hydrogens is 1250 g/mol. The van der Waals surface area contributed by atoms with Gasteiger partial charge in [-0.3, -0.25) is 48.9 Å². The number of nitro benzene ring substituents is 1. The molecule has 0 bridgehead atoms. The summed E-state index contributed by atoms with van der Waals surface area (Å²) < 4.78 is 45.5. The van der Waals surface area contributed by atoms with E-state index in [4.69, 9.17) is 62.9 Å². The summed E-state index contributed by atoms with van der Waals surface area (Å²) in [5, 5.41) is 31.0. The molecule has 4 aromatic carbocycles. The number of nitrogens with two attached hydrogens (primary N) is 1. The molecule has 4 amide bonds. The minimum atomic E-state index is -0.543. The highest BCUT2D eigenvalue weighted by Gasteiger charge is 2.29. The molecule has 4 fully saturated rings. The van der Waals surface area contributed by atoms with Crippen molar-refractivity contribution in [2.24, 2.45) is 4.99 Å². The number of nitrogens with zero attached hydrogens (tertiary/aromatic N) is 8. The molecule has 4 aliphatic rings. The van der Waals surface area contributed by atoms with Gasteiger partial charge in [0.15, 0.2) is 46.0 Å². The zero-order chi connectivity index (χ0) is 71.0. The number of methoxy groups -OCH3 is 4. The highest BCUT2D eigenvalue weighted by atomic mass is 16.6. The zero-order valence-electron chi connectivity index (χ0n) is 57.3. The number of nitrogens with one attached hydrogen (secondary N) is 4. The molecule has 6 N–H and O–H groups in total. The van der Waals surface area contributed by atoms with Gasteiger partial charge in [-0.2, -0.15) is 5.26 Å². The van der Waals surface area contributed by atoms with Crippen LogP contribution in [0.1, 0.15) is 73.6 Å². The summed E-state index contributed by atoms with van der Waals surface area (Å²) in [5.41, 5.74) is 8.66. The van der Waals surface area contributed by atoms with Gasteiger partial charge in [0.1, 0.15) is 36.0 Å². The Hall–Kier alpha value is -10.2. The van der Waals surface area contributed by atoms with Crippen molar-refractivity contribution in [1.82, 2.24) is 45.8 Å². The quantitative estimate of drug-likeness (QED) is 0.0168. The number of nitriles is 1. The highest BCUT2D eigenvalue weighted by Crippen LogP contribution is 2.39. The lowest BCUT2D eigenvalue weighted by molar-refractivity contribution is -0.385. The molecule has 0 spiro atoms. The Morgan fingerprint density at radius 1 is 0.536 bits per heavy atom. The maximum atomic E-state index is 11.5. The number of anilines is 1. The summed E-state index contributed by atoms with van der Waals surface area (Å²) in [6.45, 7) is 8.00. The third-order valence-electron chi connectivity index (χ3n) is 16.2. The summed E-state index contributed by atoms with van der Waals surface area (Å²) in [6.07, 6.45) is 24.5. The second-order valence-corrected chi connectivity index (χ2v) is 23.1. The first-order valence-electron chi connectivity index (χ1n) is 31.8. The highest BCUT2D eigenvalue weighted by molar-refractivity contribution is 5.79. The molecule has 0 radical (unpaired) electrons. The Morgan fingerprint density at radius 2 is 0.876 bits per heavy atom. The van der Waals surface area contributed by atoms with Gasteiger partial charge in [0, 0.05) is 131 Å². The molecule has 8 rings (SSSR count). The summed E-state index contributed by atoms with van der Waals surface area (Å²) in [5.74, 6) is 11.9. The largest absolute Gasteiger partial charge is 0.493 e. The van der Waals surface area contributed by atoms with Crippen LogP contribution in [0.25, 0.3) is 0 Å². The van der Waals surface area contributed by atoms with Crippen molar-refractivity contribution in [3.63, 3.8) is 0 Å². The molecule has 0 aromatic heterocycles. The fraction of sp³-hybridized carbons (Fsp3) is 0.486. The van der Waals surface area contributed by atoms with Crippen LogP contribution in [0.2, 0.25) is 0 Å². The molecule has 0 aliphatic carbocycles.